The molecule has 2 N–H and O–H groups in total. The van der Waals surface area contributed by atoms with Crippen molar-refractivity contribution >= 4 is 17.9 Å². The van der Waals surface area contributed by atoms with E-state index in [4.69, 9.17) is 14.2 Å². The smallest absolute Gasteiger partial charge is 0.338 e. The fourth-order valence-electron chi connectivity index (χ4n) is 2.55. The number of esters is 1. The first kappa shape index (κ1) is 21.7. The van der Waals surface area contributed by atoms with Crippen LogP contribution in [0.15, 0.2) is 24.3 Å². The molecule has 2 rings (SSSR count). The van der Waals surface area contributed by atoms with Crippen LogP contribution in [-0.2, 0) is 14.3 Å². The van der Waals surface area contributed by atoms with Crippen LogP contribution in [0.2, 0.25) is 0 Å². The van der Waals surface area contributed by atoms with E-state index in [9.17, 15) is 14.4 Å². The summed E-state index contributed by atoms with van der Waals surface area (Å²) in [5.74, 6) is -0.263. The number of ether oxygens (including phenoxy) is 3. The van der Waals surface area contributed by atoms with Gasteiger partial charge in [0.25, 0.3) is 5.91 Å². The number of carbonyl (C=O) groups excluding carboxylic acids is 3. The lowest BCUT2D eigenvalue weighted by Gasteiger charge is -2.11. The Hall–Kier alpha value is -2.61. The SMILES string of the molecule is CC(C)CCNC(=O)NC(=O)COC(=O)c1ccc(OC[C@H]2CCCO2)cc1. The van der Waals surface area contributed by atoms with Crippen molar-refractivity contribution in [1.29, 1.82) is 0 Å². The molecule has 0 aliphatic carbocycles. The van der Waals surface area contributed by atoms with Gasteiger partial charge in [0, 0.05) is 13.2 Å². The van der Waals surface area contributed by atoms with E-state index < -0.39 is 24.5 Å². The van der Waals surface area contributed by atoms with Crippen molar-refractivity contribution in [2.75, 3.05) is 26.4 Å². The van der Waals surface area contributed by atoms with Crippen LogP contribution in [0.3, 0.4) is 0 Å². The molecule has 0 aromatic heterocycles. The van der Waals surface area contributed by atoms with Gasteiger partial charge < -0.3 is 19.5 Å². The molecule has 1 aromatic carbocycles. The minimum atomic E-state index is -0.688. The molecule has 154 valence electrons. The van der Waals surface area contributed by atoms with Crippen LogP contribution in [0, 0.1) is 5.92 Å². The van der Waals surface area contributed by atoms with Crippen LogP contribution in [0.25, 0.3) is 0 Å². The molecule has 0 spiro atoms. The third kappa shape index (κ3) is 7.96. The molecule has 1 saturated heterocycles. The highest BCUT2D eigenvalue weighted by Gasteiger charge is 2.16. The maximum atomic E-state index is 12.0. The Morgan fingerprint density at radius 2 is 1.96 bits per heavy atom. The predicted molar refractivity (Wildman–Crippen MR) is 102 cm³/mol. The van der Waals surface area contributed by atoms with Gasteiger partial charge in [-0.15, -0.1) is 0 Å². The number of imide groups is 1. The third-order valence-electron chi connectivity index (χ3n) is 4.14. The lowest BCUT2D eigenvalue weighted by Crippen LogP contribution is -2.41. The lowest BCUT2D eigenvalue weighted by atomic mass is 10.1. The van der Waals surface area contributed by atoms with Gasteiger partial charge in [0.2, 0.25) is 0 Å². The van der Waals surface area contributed by atoms with Crippen LogP contribution in [0.1, 0.15) is 43.5 Å². The monoisotopic (exact) mass is 392 g/mol. The van der Waals surface area contributed by atoms with Crippen LogP contribution in [0.5, 0.6) is 5.75 Å². The Kier molecular flexibility index (Phi) is 8.74. The van der Waals surface area contributed by atoms with Crippen LogP contribution in [0.4, 0.5) is 4.79 Å². The van der Waals surface area contributed by atoms with Crippen molar-refractivity contribution in [3.63, 3.8) is 0 Å². The molecular weight excluding hydrogens is 364 g/mol. The molecule has 1 aliphatic heterocycles. The number of amides is 3. The predicted octanol–water partition coefficient (Wildman–Crippen LogP) is 2.27. The second-order valence-electron chi connectivity index (χ2n) is 7.03. The van der Waals surface area contributed by atoms with Crippen molar-refractivity contribution in [2.45, 2.75) is 39.2 Å². The Bertz CT molecular complexity index is 653. The van der Waals surface area contributed by atoms with Crippen molar-refractivity contribution in [1.82, 2.24) is 10.6 Å². The van der Waals surface area contributed by atoms with E-state index in [1.165, 1.54) is 0 Å². The average molecular weight is 392 g/mol. The van der Waals surface area contributed by atoms with Crippen LogP contribution in [-0.4, -0.2) is 50.4 Å². The van der Waals surface area contributed by atoms with Crippen LogP contribution >= 0.6 is 0 Å². The van der Waals surface area contributed by atoms with Gasteiger partial charge in [-0.3, -0.25) is 10.1 Å². The molecule has 1 atom stereocenters. The Morgan fingerprint density at radius 3 is 2.61 bits per heavy atom. The van der Waals surface area contributed by atoms with Gasteiger partial charge in [-0.05, 0) is 49.4 Å². The molecule has 0 saturated carbocycles. The van der Waals surface area contributed by atoms with Crippen molar-refractivity contribution in [3.05, 3.63) is 29.8 Å². The Labute approximate surface area is 164 Å². The Morgan fingerprint density at radius 1 is 1.21 bits per heavy atom. The zero-order valence-corrected chi connectivity index (χ0v) is 16.4. The molecule has 28 heavy (non-hydrogen) atoms. The molecule has 3 amide bonds. The number of rotatable bonds is 9. The fourth-order valence-corrected chi connectivity index (χ4v) is 2.55. The van der Waals surface area contributed by atoms with Crippen molar-refractivity contribution < 1.29 is 28.6 Å². The summed E-state index contributed by atoms with van der Waals surface area (Å²) in [6.45, 7) is 5.25. The summed E-state index contributed by atoms with van der Waals surface area (Å²) in [4.78, 5) is 35.2. The van der Waals surface area contributed by atoms with Gasteiger partial charge in [0.1, 0.15) is 12.4 Å². The summed E-state index contributed by atoms with van der Waals surface area (Å²) >= 11 is 0. The number of hydrogen-bond donors (Lipinski definition) is 2. The molecule has 8 heteroatoms. The van der Waals surface area contributed by atoms with E-state index >= 15 is 0 Å². The fraction of sp³-hybridized carbons (Fsp3) is 0.550. The molecule has 8 nitrogen and oxygen atoms in total. The largest absolute Gasteiger partial charge is 0.491 e. The van der Waals surface area contributed by atoms with E-state index in [2.05, 4.69) is 10.6 Å². The molecule has 0 unspecified atom stereocenters. The minimum Gasteiger partial charge on any atom is -0.491 e. The second kappa shape index (κ2) is 11.3. The maximum absolute atomic E-state index is 12.0. The van der Waals surface area contributed by atoms with E-state index in [0.29, 0.717) is 30.4 Å². The summed E-state index contributed by atoms with van der Waals surface area (Å²) in [5.41, 5.74) is 0.290. The summed E-state index contributed by atoms with van der Waals surface area (Å²) < 4.78 is 16.0. The highest BCUT2D eigenvalue weighted by Crippen LogP contribution is 2.17. The summed E-state index contributed by atoms with van der Waals surface area (Å²) in [6, 6.07) is 5.84. The third-order valence-corrected chi connectivity index (χ3v) is 4.14. The quantitative estimate of drug-likeness (QED) is 0.625. The summed E-state index contributed by atoms with van der Waals surface area (Å²) in [7, 11) is 0. The highest BCUT2D eigenvalue weighted by molar-refractivity contribution is 5.97. The first-order valence-electron chi connectivity index (χ1n) is 9.53. The van der Waals surface area contributed by atoms with Gasteiger partial charge in [0.15, 0.2) is 6.61 Å². The van der Waals surface area contributed by atoms with Gasteiger partial charge in [0.05, 0.1) is 11.7 Å². The van der Waals surface area contributed by atoms with E-state index in [1.54, 1.807) is 24.3 Å². The standard InChI is InChI=1S/C20H28N2O6/c1-14(2)9-10-21-20(25)22-18(23)13-28-19(24)15-5-7-16(8-6-15)27-12-17-4-3-11-26-17/h5-8,14,17H,3-4,9-13H2,1-2H3,(H2,21,22,23,25)/t17-/m1/s1. The molecule has 0 radical (unpaired) electrons. The molecular formula is C20H28N2O6. The number of hydrogen-bond acceptors (Lipinski definition) is 6. The zero-order valence-electron chi connectivity index (χ0n) is 16.4. The van der Waals surface area contributed by atoms with Gasteiger partial charge >= 0.3 is 12.0 Å². The normalized spacial score (nSPS) is 15.9. The first-order valence-corrected chi connectivity index (χ1v) is 9.53. The highest BCUT2D eigenvalue weighted by atomic mass is 16.5. The summed E-state index contributed by atoms with van der Waals surface area (Å²) in [6.07, 6.45) is 2.96. The maximum Gasteiger partial charge on any atom is 0.338 e. The number of benzene rings is 1. The second-order valence-corrected chi connectivity index (χ2v) is 7.03. The topological polar surface area (TPSA) is 103 Å². The molecule has 0 bridgehead atoms. The summed E-state index contributed by atoms with van der Waals surface area (Å²) in [5, 5.41) is 4.68. The van der Waals surface area contributed by atoms with Crippen LogP contribution < -0.4 is 15.4 Å². The molecule has 1 aliphatic rings. The van der Waals surface area contributed by atoms with Gasteiger partial charge in [-0.25, -0.2) is 9.59 Å². The number of nitrogens with one attached hydrogen (secondary N) is 2. The average Bonchev–Trinajstić information content (AvgIpc) is 3.18. The van der Waals surface area contributed by atoms with Crippen molar-refractivity contribution in [3.8, 4) is 5.75 Å². The molecule has 1 aromatic rings. The number of carbonyl (C=O) groups is 3. The lowest BCUT2D eigenvalue weighted by molar-refractivity contribution is -0.123. The first-order chi connectivity index (χ1) is 13.4. The van der Waals surface area contributed by atoms with E-state index in [0.717, 1.165) is 25.9 Å². The van der Waals surface area contributed by atoms with Gasteiger partial charge in [-0.1, -0.05) is 13.8 Å². The van der Waals surface area contributed by atoms with E-state index in [1.807, 2.05) is 13.8 Å². The van der Waals surface area contributed by atoms with Gasteiger partial charge in [-0.2, -0.15) is 0 Å². The minimum absolute atomic E-state index is 0.116. The molecule has 1 fully saturated rings. The van der Waals surface area contributed by atoms with E-state index in [-0.39, 0.29) is 6.10 Å². The number of urea groups is 1. The van der Waals surface area contributed by atoms with Crippen molar-refractivity contribution in [2.24, 2.45) is 5.92 Å². The zero-order chi connectivity index (χ0) is 20.4. The Balaban J connectivity index is 1.67. The molecule has 1 heterocycles.